The van der Waals surface area contributed by atoms with Crippen LogP contribution >= 0.6 is 0 Å². The van der Waals surface area contributed by atoms with Crippen molar-refractivity contribution in [1.82, 2.24) is 4.57 Å². The third kappa shape index (κ3) is 2.44. The van der Waals surface area contributed by atoms with E-state index in [0.29, 0.717) is 13.2 Å². The zero-order valence-corrected chi connectivity index (χ0v) is 15.0. The Morgan fingerprint density at radius 3 is 2.71 bits per heavy atom. The van der Waals surface area contributed by atoms with Gasteiger partial charge in [-0.15, -0.1) is 0 Å². The van der Waals surface area contributed by atoms with Gasteiger partial charge in [-0.25, -0.2) is 0 Å². The Bertz CT molecular complexity index is 875. The van der Waals surface area contributed by atoms with Crippen LogP contribution in [0.15, 0.2) is 23.5 Å². The Morgan fingerprint density at radius 2 is 2.04 bits per heavy atom. The molecule has 0 saturated carbocycles. The summed E-state index contributed by atoms with van der Waals surface area (Å²) in [5.41, 5.74) is 8.83. The number of fused-ring (bicyclic) bond motifs is 1. The maximum absolute atomic E-state index is 13.1. The average molecular weight is 323 g/mol. The second-order valence-corrected chi connectivity index (χ2v) is 6.47. The van der Waals surface area contributed by atoms with Gasteiger partial charge in [-0.2, -0.15) is 0 Å². The molecule has 126 valence electrons. The van der Waals surface area contributed by atoms with Gasteiger partial charge in [0.2, 0.25) is 0 Å². The molecule has 0 amide bonds. The monoisotopic (exact) mass is 323 g/mol. The second kappa shape index (κ2) is 6.40. The molecule has 1 aliphatic heterocycles. The lowest BCUT2D eigenvalue weighted by Crippen LogP contribution is -2.26. The topological polar surface area (TPSA) is 31.2 Å². The summed E-state index contributed by atoms with van der Waals surface area (Å²) in [6.45, 7) is 11.5. The summed E-state index contributed by atoms with van der Waals surface area (Å²) in [7, 11) is 1.86. The molecule has 0 saturated heterocycles. The van der Waals surface area contributed by atoms with Crippen LogP contribution in [0, 0.1) is 13.8 Å². The van der Waals surface area contributed by atoms with E-state index >= 15 is 0 Å². The smallest absolute Gasteiger partial charge is 0.258 e. The van der Waals surface area contributed by atoms with Gasteiger partial charge in [0.25, 0.3) is 5.56 Å². The van der Waals surface area contributed by atoms with Gasteiger partial charge >= 0.3 is 0 Å². The molecule has 0 radical (unpaired) electrons. The highest BCUT2D eigenvalue weighted by atomic mass is 16.5. The number of rotatable bonds is 3. The summed E-state index contributed by atoms with van der Waals surface area (Å²) in [6, 6.07) is 4.20. The van der Waals surface area contributed by atoms with Gasteiger partial charge in [-0.05, 0) is 60.1 Å². The van der Waals surface area contributed by atoms with Crippen molar-refractivity contribution in [2.75, 3.05) is 6.61 Å². The molecule has 0 unspecified atom stereocenters. The summed E-state index contributed by atoms with van der Waals surface area (Å²) < 4.78 is 7.42. The van der Waals surface area contributed by atoms with Gasteiger partial charge in [0.15, 0.2) is 0 Å². The van der Waals surface area contributed by atoms with Crippen molar-refractivity contribution in [1.29, 1.82) is 0 Å². The third-order valence-corrected chi connectivity index (χ3v) is 5.23. The molecule has 0 bridgehead atoms. The van der Waals surface area contributed by atoms with Gasteiger partial charge in [-0.3, -0.25) is 4.79 Å². The number of ether oxygens (including phenoxy) is 1. The Kier molecular flexibility index (Phi) is 4.46. The average Bonchev–Trinajstić information content (AvgIpc) is 2.60. The number of aromatic nitrogens is 1. The number of aryl methyl sites for hydroxylation is 1. The normalized spacial score (nSPS) is 13.7. The van der Waals surface area contributed by atoms with Crippen molar-refractivity contribution in [3.8, 4) is 11.1 Å². The molecule has 0 atom stereocenters. The highest BCUT2D eigenvalue weighted by Crippen LogP contribution is 2.33. The minimum Gasteiger partial charge on any atom is -0.376 e. The van der Waals surface area contributed by atoms with Crippen molar-refractivity contribution in [3.63, 3.8) is 0 Å². The van der Waals surface area contributed by atoms with Crippen molar-refractivity contribution in [2.45, 2.75) is 40.2 Å². The molecule has 0 aliphatic carbocycles. The molecule has 1 aliphatic rings. The lowest BCUT2D eigenvalue weighted by Gasteiger charge is -2.24. The Labute approximate surface area is 143 Å². The molecule has 3 nitrogen and oxygen atoms in total. The molecule has 0 spiro atoms. The highest BCUT2D eigenvalue weighted by molar-refractivity contribution is 5.76. The molecular formula is C21H25NO2. The van der Waals surface area contributed by atoms with Crippen LogP contribution in [0.4, 0.5) is 0 Å². The van der Waals surface area contributed by atoms with Gasteiger partial charge < -0.3 is 9.30 Å². The molecule has 3 rings (SSSR count). The highest BCUT2D eigenvalue weighted by Gasteiger charge is 2.22. The van der Waals surface area contributed by atoms with Gasteiger partial charge in [0.05, 0.1) is 18.8 Å². The number of hydrogen-bond donors (Lipinski definition) is 0. The van der Waals surface area contributed by atoms with E-state index in [-0.39, 0.29) is 5.56 Å². The van der Waals surface area contributed by atoms with Gasteiger partial charge in [0.1, 0.15) is 0 Å². The summed E-state index contributed by atoms with van der Waals surface area (Å²) in [5.74, 6) is 0. The first-order chi connectivity index (χ1) is 11.5. The quantitative estimate of drug-likeness (QED) is 0.856. The zero-order valence-electron chi connectivity index (χ0n) is 15.0. The SMILES string of the molecule is C=Cc1c(C)c(-c2ccc(C)c3c2CCOC3)c(=O)n(C)c1CC. The van der Waals surface area contributed by atoms with Crippen LogP contribution in [-0.4, -0.2) is 11.2 Å². The van der Waals surface area contributed by atoms with Crippen LogP contribution in [0.5, 0.6) is 0 Å². The first-order valence-corrected chi connectivity index (χ1v) is 8.55. The van der Waals surface area contributed by atoms with Crippen LogP contribution in [0.1, 0.15) is 40.4 Å². The fourth-order valence-electron chi connectivity index (χ4n) is 3.88. The maximum atomic E-state index is 13.1. The van der Waals surface area contributed by atoms with Crippen molar-refractivity contribution < 1.29 is 4.74 Å². The lowest BCUT2D eigenvalue weighted by molar-refractivity contribution is 0.110. The summed E-state index contributed by atoms with van der Waals surface area (Å²) >= 11 is 0. The summed E-state index contributed by atoms with van der Waals surface area (Å²) in [5, 5.41) is 0. The Morgan fingerprint density at radius 1 is 1.29 bits per heavy atom. The van der Waals surface area contributed by atoms with E-state index in [1.54, 1.807) is 4.57 Å². The van der Waals surface area contributed by atoms with Crippen molar-refractivity contribution >= 4 is 6.08 Å². The van der Waals surface area contributed by atoms with E-state index in [1.807, 2.05) is 20.0 Å². The second-order valence-electron chi connectivity index (χ2n) is 6.47. The molecule has 3 heteroatoms. The van der Waals surface area contributed by atoms with Gasteiger partial charge in [-0.1, -0.05) is 31.7 Å². The molecule has 2 heterocycles. The minimum absolute atomic E-state index is 0.0764. The van der Waals surface area contributed by atoms with Gasteiger partial charge in [0, 0.05) is 12.7 Å². The van der Waals surface area contributed by atoms with Crippen molar-refractivity contribution in [2.24, 2.45) is 7.05 Å². The maximum Gasteiger partial charge on any atom is 0.258 e. The predicted molar refractivity (Wildman–Crippen MR) is 99.4 cm³/mol. The largest absolute Gasteiger partial charge is 0.376 e. The Balaban J connectivity index is 2.38. The fourth-order valence-corrected chi connectivity index (χ4v) is 3.88. The number of nitrogens with zero attached hydrogens (tertiary/aromatic N) is 1. The molecule has 0 N–H and O–H groups in total. The van der Waals surface area contributed by atoms with E-state index < -0.39 is 0 Å². The third-order valence-electron chi connectivity index (χ3n) is 5.23. The molecule has 0 fully saturated rings. The molecule has 24 heavy (non-hydrogen) atoms. The minimum atomic E-state index is 0.0764. The number of pyridine rings is 1. The molecule has 1 aromatic carbocycles. The summed E-state index contributed by atoms with van der Waals surface area (Å²) in [6.07, 6.45) is 3.54. The van der Waals surface area contributed by atoms with Crippen LogP contribution in [0.3, 0.4) is 0 Å². The molecular weight excluding hydrogens is 298 g/mol. The Hall–Kier alpha value is -2.13. The fraction of sp³-hybridized carbons (Fsp3) is 0.381. The number of hydrogen-bond acceptors (Lipinski definition) is 2. The molecule has 1 aromatic heterocycles. The van der Waals surface area contributed by atoms with E-state index in [9.17, 15) is 4.79 Å². The lowest BCUT2D eigenvalue weighted by atomic mass is 9.87. The molecule has 2 aromatic rings. The standard InChI is InChI=1S/C21H25NO2/c1-6-15-14(4)20(21(23)22(5)19(15)7-2)17-9-8-13(3)18-12-24-11-10-16(17)18/h6,8-9H,1,7,10-12H2,2-5H3. The van der Waals surface area contributed by atoms with Crippen LogP contribution < -0.4 is 5.56 Å². The van der Waals surface area contributed by atoms with Crippen LogP contribution in [0.2, 0.25) is 0 Å². The summed E-state index contributed by atoms with van der Waals surface area (Å²) in [4.78, 5) is 13.1. The van der Waals surface area contributed by atoms with Crippen molar-refractivity contribution in [3.05, 3.63) is 62.6 Å². The first-order valence-electron chi connectivity index (χ1n) is 8.55. The van der Waals surface area contributed by atoms with E-state index in [4.69, 9.17) is 4.74 Å². The van der Waals surface area contributed by atoms with Crippen LogP contribution in [0.25, 0.3) is 17.2 Å². The van der Waals surface area contributed by atoms with E-state index in [1.165, 1.54) is 16.7 Å². The zero-order chi connectivity index (χ0) is 17.4. The van der Waals surface area contributed by atoms with Crippen LogP contribution in [-0.2, 0) is 31.2 Å². The van der Waals surface area contributed by atoms with E-state index in [0.717, 1.165) is 40.8 Å². The first kappa shape index (κ1) is 16.7. The number of benzene rings is 1. The predicted octanol–water partition coefficient (Wildman–Crippen LogP) is 3.95. The van der Waals surface area contributed by atoms with E-state index in [2.05, 4.69) is 32.6 Å².